The lowest BCUT2D eigenvalue weighted by molar-refractivity contribution is -0.135. The molecule has 0 saturated heterocycles. The van der Waals surface area contributed by atoms with Gasteiger partial charge in [0.15, 0.2) is 0 Å². The number of aromatic nitrogens is 1. The Labute approximate surface area is 274 Å². The average molecular weight is 648 g/mol. The van der Waals surface area contributed by atoms with Gasteiger partial charge in [-0.05, 0) is 61.7 Å². The topological polar surface area (TPSA) is 180 Å². The summed E-state index contributed by atoms with van der Waals surface area (Å²) in [6, 6.07) is 16.9. The number of carbonyl (C=O) groups is 3. The van der Waals surface area contributed by atoms with E-state index in [0.717, 1.165) is 16.5 Å². The molecule has 0 aliphatic carbocycles. The highest BCUT2D eigenvalue weighted by Crippen LogP contribution is 2.17. The Morgan fingerprint density at radius 1 is 0.957 bits per heavy atom. The first-order valence-corrected chi connectivity index (χ1v) is 15.3. The second-order valence-electron chi connectivity index (χ2n) is 10.8. The number of pyridine rings is 1. The van der Waals surface area contributed by atoms with E-state index in [-0.39, 0.29) is 38.5 Å². The number of carbonyl (C=O) groups excluding carboxylic acids is 3. The normalized spacial score (nSPS) is 13.1. The molecular weight excluding hydrogens is 606 g/mol. The molecule has 0 bridgehead atoms. The van der Waals surface area contributed by atoms with Gasteiger partial charge in [-0.15, -0.1) is 0 Å². The molecule has 46 heavy (non-hydrogen) atoms. The van der Waals surface area contributed by atoms with Crippen molar-refractivity contribution >= 4 is 57.8 Å². The zero-order chi connectivity index (χ0) is 33.5. The van der Waals surface area contributed by atoms with Crippen molar-refractivity contribution in [3.05, 3.63) is 84.6 Å². The first kappa shape index (κ1) is 35.7. The highest BCUT2D eigenvalue weighted by molar-refractivity contribution is 6.15. The lowest BCUT2D eigenvalue weighted by atomic mass is 10.0. The predicted octanol–water partition coefficient (Wildman–Crippen LogP) is 2.93. The van der Waals surface area contributed by atoms with Crippen LogP contribution in [-0.2, 0) is 20.8 Å². The summed E-state index contributed by atoms with van der Waals surface area (Å²) in [6.45, 7) is 8.12. The molecule has 13 heteroatoms. The fraction of sp³-hybridized carbons (Fsp3) is 0.333. The van der Waals surface area contributed by atoms with Crippen LogP contribution in [0.25, 0.3) is 10.9 Å². The van der Waals surface area contributed by atoms with Gasteiger partial charge < -0.3 is 27.0 Å². The van der Waals surface area contributed by atoms with E-state index >= 15 is 0 Å². The molecule has 0 radical (unpaired) electrons. The van der Waals surface area contributed by atoms with Crippen molar-refractivity contribution in [3.63, 3.8) is 0 Å². The molecule has 12 nitrogen and oxygen atoms in total. The molecule has 2 atom stereocenters. The number of nitrogens with two attached hydrogens (primary N) is 2. The van der Waals surface area contributed by atoms with Crippen LogP contribution in [0.1, 0.15) is 32.3 Å². The Kier molecular flexibility index (Phi) is 14.1. The summed E-state index contributed by atoms with van der Waals surface area (Å²) in [7, 11) is 0. The Morgan fingerprint density at radius 2 is 1.63 bits per heavy atom. The van der Waals surface area contributed by atoms with Gasteiger partial charge in [0.05, 0.1) is 42.7 Å². The van der Waals surface area contributed by atoms with Crippen LogP contribution in [0, 0.1) is 0 Å². The van der Waals surface area contributed by atoms with Crippen molar-refractivity contribution in [2.75, 3.05) is 31.5 Å². The third-order valence-corrected chi connectivity index (χ3v) is 7.32. The Hall–Kier alpha value is -4.81. The molecule has 2 aromatic carbocycles. The van der Waals surface area contributed by atoms with Gasteiger partial charge in [-0.2, -0.15) is 0 Å². The fourth-order valence-corrected chi connectivity index (χ4v) is 4.66. The van der Waals surface area contributed by atoms with Crippen molar-refractivity contribution < 1.29 is 14.4 Å². The second-order valence-corrected chi connectivity index (χ2v) is 11.0. The van der Waals surface area contributed by atoms with Gasteiger partial charge in [0.1, 0.15) is 17.9 Å². The quantitative estimate of drug-likeness (QED) is 0.0848. The summed E-state index contributed by atoms with van der Waals surface area (Å²) in [5, 5.41) is 6.52. The van der Waals surface area contributed by atoms with E-state index in [1.807, 2.05) is 60.7 Å². The van der Waals surface area contributed by atoms with Gasteiger partial charge in [-0.3, -0.25) is 29.4 Å². The van der Waals surface area contributed by atoms with Crippen molar-refractivity contribution in [1.29, 1.82) is 0 Å². The number of benzene rings is 2. The van der Waals surface area contributed by atoms with Crippen molar-refractivity contribution in [2.45, 2.75) is 45.2 Å². The lowest BCUT2D eigenvalue weighted by Gasteiger charge is -2.25. The number of fused-ring (bicyclic) bond motifs is 1. The van der Waals surface area contributed by atoms with E-state index in [4.69, 9.17) is 23.2 Å². The smallest absolute Gasteiger partial charge is 0.247 e. The standard InChI is InChI=1S/C33H42ClN9O3/c1-22(2)31(36)38-16-18-43(17-15-37-23(3)35)30(44)20-29(42-34)33(46)41-28(14-13-24-9-5-4-6-10-24)32(45)40-26-19-25-11-7-8-12-27(25)39-21-26/h4-12,19,21,28-29,42H,1,13-18,20H2,2-3H3,(H2,35,37)(H2,36,38)(H,40,45)(H,41,46). The van der Waals surface area contributed by atoms with Crippen LogP contribution in [0.2, 0.25) is 0 Å². The second kappa shape index (κ2) is 18.2. The van der Waals surface area contributed by atoms with E-state index < -0.39 is 23.9 Å². The van der Waals surface area contributed by atoms with Gasteiger partial charge in [-0.1, -0.05) is 55.1 Å². The minimum absolute atomic E-state index is 0.227. The van der Waals surface area contributed by atoms with Crippen molar-refractivity contribution in [3.8, 4) is 0 Å². The number of para-hydroxylation sites is 1. The number of nitrogens with zero attached hydrogens (tertiary/aromatic N) is 4. The molecule has 0 aliphatic rings. The molecule has 7 N–H and O–H groups in total. The molecule has 3 aromatic rings. The average Bonchev–Trinajstić information content (AvgIpc) is 3.04. The van der Waals surface area contributed by atoms with Crippen LogP contribution in [0.15, 0.2) is 89.0 Å². The molecule has 0 aliphatic heterocycles. The minimum atomic E-state index is -1.13. The molecule has 1 aromatic heterocycles. The van der Waals surface area contributed by atoms with Crippen LogP contribution >= 0.6 is 11.8 Å². The molecule has 244 valence electrons. The number of hydrogen-bond acceptors (Lipinski definition) is 7. The number of halogens is 1. The van der Waals surface area contributed by atoms with Gasteiger partial charge in [0.2, 0.25) is 17.7 Å². The SMILES string of the molecule is C=C(C)C(N)=NCCN(CCN=C(C)N)C(=O)CC(NCl)C(=O)NC(CCc1ccccc1)C(=O)Nc1cnc2ccccc2c1. The highest BCUT2D eigenvalue weighted by atomic mass is 35.5. The third kappa shape index (κ3) is 11.6. The molecule has 1 heterocycles. The molecule has 0 fully saturated rings. The van der Waals surface area contributed by atoms with E-state index in [9.17, 15) is 14.4 Å². The number of anilines is 1. The van der Waals surface area contributed by atoms with Gasteiger partial charge in [-0.25, -0.2) is 4.84 Å². The number of aryl methyl sites for hydroxylation is 1. The maximum absolute atomic E-state index is 13.5. The first-order valence-electron chi connectivity index (χ1n) is 14.9. The molecule has 2 unspecified atom stereocenters. The van der Waals surface area contributed by atoms with Crippen LogP contribution in [0.5, 0.6) is 0 Å². The Morgan fingerprint density at radius 3 is 2.30 bits per heavy atom. The third-order valence-electron chi connectivity index (χ3n) is 7.06. The molecule has 3 amide bonds. The Bertz CT molecular complexity index is 1560. The maximum atomic E-state index is 13.5. The molecular formula is C33H42ClN9O3. The summed E-state index contributed by atoms with van der Waals surface area (Å²) in [4.78, 5) is 57.1. The fourth-order valence-electron chi connectivity index (χ4n) is 4.48. The van der Waals surface area contributed by atoms with E-state index in [1.54, 1.807) is 20.0 Å². The van der Waals surface area contributed by atoms with Crippen LogP contribution < -0.4 is 26.9 Å². The molecule has 0 spiro atoms. The zero-order valence-electron chi connectivity index (χ0n) is 26.2. The van der Waals surface area contributed by atoms with E-state index in [2.05, 4.69) is 37.0 Å². The summed E-state index contributed by atoms with van der Waals surface area (Å²) in [5.74, 6) is -0.716. The number of nitrogens with one attached hydrogen (secondary N) is 3. The van der Waals surface area contributed by atoms with Crippen LogP contribution in [0.3, 0.4) is 0 Å². The molecule has 3 rings (SSSR count). The number of rotatable bonds is 17. The van der Waals surface area contributed by atoms with E-state index in [0.29, 0.717) is 35.8 Å². The van der Waals surface area contributed by atoms with Crippen LogP contribution in [0.4, 0.5) is 5.69 Å². The lowest BCUT2D eigenvalue weighted by Crippen LogP contribution is -2.51. The summed E-state index contributed by atoms with van der Waals surface area (Å²) < 4.78 is 0. The van der Waals surface area contributed by atoms with Gasteiger partial charge in [0.25, 0.3) is 0 Å². The predicted molar refractivity (Wildman–Crippen MR) is 185 cm³/mol. The number of hydrogen-bond donors (Lipinski definition) is 5. The Balaban J connectivity index is 1.73. The number of amides is 3. The van der Waals surface area contributed by atoms with Crippen molar-refractivity contribution in [2.24, 2.45) is 21.5 Å². The van der Waals surface area contributed by atoms with Crippen molar-refractivity contribution in [1.82, 2.24) is 20.0 Å². The number of aliphatic imine (C=N–C) groups is 2. The summed E-state index contributed by atoms with van der Waals surface area (Å²) in [6.07, 6.45) is 2.12. The first-order chi connectivity index (χ1) is 22.1. The molecule has 0 saturated carbocycles. The number of amidine groups is 2. The van der Waals surface area contributed by atoms with Crippen LogP contribution in [-0.4, -0.2) is 77.5 Å². The van der Waals surface area contributed by atoms with Gasteiger partial charge in [0, 0.05) is 18.5 Å². The van der Waals surface area contributed by atoms with Gasteiger partial charge >= 0.3 is 0 Å². The maximum Gasteiger partial charge on any atom is 0.247 e. The van der Waals surface area contributed by atoms with E-state index in [1.165, 1.54) is 4.90 Å². The minimum Gasteiger partial charge on any atom is -0.388 e. The summed E-state index contributed by atoms with van der Waals surface area (Å²) >= 11 is 5.98. The summed E-state index contributed by atoms with van der Waals surface area (Å²) in [5.41, 5.74) is 14.4. The highest BCUT2D eigenvalue weighted by Gasteiger charge is 2.28. The largest absolute Gasteiger partial charge is 0.388 e. The monoisotopic (exact) mass is 647 g/mol. The zero-order valence-corrected chi connectivity index (χ0v) is 27.0.